The predicted octanol–water partition coefficient (Wildman–Crippen LogP) is 1.97. The SMILES string of the molecule is Cn1cccc1C(=O)NCCOc1ccc(F)cc1. The Balaban J connectivity index is 1.74. The minimum atomic E-state index is -0.302. The van der Waals surface area contributed by atoms with Gasteiger partial charge in [-0.25, -0.2) is 4.39 Å². The standard InChI is InChI=1S/C14H15FN2O2/c1-17-9-2-3-13(17)14(18)16-8-10-19-12-6-4-11(15)5-7-12/h2-7,9H,8,10H2,1H3,(H,16,18). The molecule has 4 nitrogen and oxygen atoms in total. The van der Waals surface area contributed by atoms with E-state index in [-0.39, 0.29) is 11.7 Å². The van der Waals surface area contributed by atoms with Crippen molar-refractivity contribution in [1.29, 1.82) is 0 Å². The lowest BCUT2D eigenvalue weighted by Gasteiger charge is -2.08. The molecule has 0 spiro atoms. The number of aryl methyl sites for hydroxylation is 1. The number of nitrogens with zero attached hydrogens (tertiary/aromatic N) is 1. The normalized spacial score (nSPS) is 10.2. The number of carbonyl (C=O) groups is 1. The summed E-state index contributed by atoms with van der Waals surface area (Å²) in [5, 5.41) is 2.75. The van der Waals surface area contributed by atoms with E-state index in [1.165, 1.54) is 12.1 Å². The van der Waals surface area contributed by atoms with Crippen molar-refractivity contribution >= 4 is 5.91 Å². The van der Waals surface area contributed by atoms with Crippen molar-refractivity contribution in [3.63, 3.8) is 0 Å². The lowest BCUT2D eigenvalue weighted by atomic mass is 10.3. The molecule has 0 bridgehead atoms. The first-order valence-electron chi connectivity index (χ1n) is 5.95. The smallest absolute Gasteiger partial charge is 0.268 e. The van der Waals surface area contributed by atoms with Gasteiger partial charge in [0.15, 0.2) is 0 Å². The van der Waals surface area contributed by atoms with Gasteiger partial charge in [-0.15, -0.1) is 0 Å². The summed E-state index contributed by atoms with van der Waals surface area (Å²) in [4.78, 5) is 11.7. The zero-order valence-electron chi connectivity index (χ0n) is 10.6. The highest BCUT2D eigenvalue weighted by molar-refractivity contribution is 5.92. The lowest BCUT2D eigenvalue weighted by Crippen LogP contribution is -2.29. The number of rotatable bonds is 5. The van der Waals surface area contributed by atoms with Crippen molar-refractivity contribution in [3.8, 4) is 5.75 Å². The van der Waals surface area contributed by atoms with Crippen LogP contribution in [-0.4, -0.2) is 23.6 Å². The molecule has 0 radical (unpaired) electrons. The maximum Gasteiger partial charge on any atom is 0.268 e. The van der Waals surface area contributed by atoms with Gasteiger partial charge >= 0.3 is 0 Å². The Bertz CT molecular complexity index is 549. The largest absolute Gasteiger partial charge is 0.492 e. The number of ether oxygens (including phenoxy) is 1. The van der Waals surface area contributed by atoms with Gasteiger partial charge in [0.1, 0.15) is 23.9 Å². The zero-order valence-corrected chi connectivity index (χ0v) is 10.6. The van der Waals surface area contributed by atoms with Crippen LogP contribution in [0.1, 0.15) is 10.5 Å². The Morgan fingerprint density at radius 2 is 2.05 bits per heavy atom. The molecular formula is C14H15FN2O2. The number of carbonyl (C=O) groups excluding carboxylic acids is 1. The second-order valence-electron chi connectivity index (χ2n) is 4.06. The van der Waals surface area contributed by atoms with E-state index in [2.05, 4.69) is 5.32 Å². The highest BCUT2D eigenvalue weighted by Crippen LogP contribution is 2.10. The summed E-state index contributed by atoms with van der Waals surface area (Å²) in [6, 6.07) is 9.32. The van der Waals surface area contributed by atoms with Gasteiger partial charge in [0.25, 0.3) is 5.91 Å². The number of aromatic nitrogens is 1. The molecule has 5 heteroatoms. The number of nitrogens with one attached hydrogen (secondary N) is 1. The first-order valence-corrected chi connectivity index (χ1v) is 5.95. The quantitative estimate of drug-likeness (QED) is 0.837. The molecular weight excluding hydrogens is 247 g/mol. The van der Waals surface area contributed by atoms with Crippen LogP contribution < -0.4 is 10.1 Å². The maximum atomic E-state index is 12.7. The van der Waals surface area contributed by atoms with Crippen molar-refractivity contribution in [1.82, 2.24) is 9.88 Å². The number of halogens is 1. The summed E-state index contributed by atoms with van der Waals surface area (Å²) in [5.74, 6) is 0.133. The van der Waals surface area contributed by atoms with E-state index in [1.54, 1.807) is 22.8 Å². The van der Waals surface area contributed by atoms with Crippen LogP contribution in [-0.2, 0) is 7.05 Å². The fourth-order valence-corrected chi connectivity index (χ4v) is 1.65. The van der Waals surface area contributed by atoms with E-state index in [1.807, 2.05) is 19.3 Å². The maximum absolute atomic E-state index is 12.7. The highest BCUT2D eigenvalue weighted by atomic mass is 19.1. The van der Waals surface area contributed by atoms with Crippen LogP contribution in [0.4, 0.5) is 4.39 Å². The molecule has 1 N–H and O–H groups in total. The molecule has 2 aromatic rings. The molecule has 100 valence electrons. The second-order valence-corrected chi connectivity index (χ2v) is 4.06. The summed E-state index contributed by atoms with van der Waals surface area (Å²) in [7, 11) is 1.81. The molecule has 2 rings (SSSR count). The van der Waals surface area contributed by atoms with Crippen LogP contribution in [0.2, 0.25) is 0 Å². The summed E-state index contributed by atoms with van der Waals surface area (Å²) in [5.41, 5.74) is 0.599. The van der Waals surface area contributed by atoms with Gasteiger partial charge in [-0.2, -0.15) is 0 Å². The molecule has 19 heavy (non-hydrogen) atoms. The lowest BCUT2D eigenvalue weighted by molar-refractivity contribution is 0.0939. The van der Waals surface area contributed by atoms with E-state index in [9.17, 15) is 9.18 Å². The predicted molar refractivity (Wildman–Crippen MR) is 69.6 cm³/mol. The molecule has 0 atom stereocenters. The zero-order chi connectivity index (χ0) is 13.7. The molecule has 0 saturated carbocycles. The first kappa shape index (κ1) is 13.1. The van der Waals surface area contributed by atoms with Gasteiger partial charge < -0.3 is 14.6 Å². The number of hydrogen-bond donors (Lipinski definition) is 1. The average Bonchev–Trinajstić information content (AvgIpc) is 2.83. The van der Waals surface area contributed by atoms with Gasteiger partial charge in [-0.3, -0.25) is 4.79 Å². The Morgan fingerprint density at radius 3 is 2.68 bits per heavy atom. The highest BCUT2D eigenvalue weighted by Gasteiger charge is 2.07. The van der Waals surface area contributed by atoms with E-state index < -0.39 is 0 Å². The van der Waals surface area contributed by atoms with E-state index >= 15 is 0 Å². The van der Waals surface area contributed by atoms with Crippen LogP contribution in [0.5, 0.6) is 5.75 Å². The summed E-state index contributed by atoms with van der Waals surface area (Å²) in [6.45, 7) is 0.725. The van der Waals surface area contributed by atoms with Crippen LogP contribution >= 0.6 is 0 Å². The molecule has 0 saturated heterocycles. The third-order valence-corrected chi connectivity index (χ3v) is 2.65. The van der Waals surface area contributed by atoms with Crippen molar-refractivity contribution < 1.29 is 13.9 Å². The van der Waals surface area contributed by atoms with Crippen LogP contribution in [0.3, 0.4) is 0 Å². The van der Waals surface area contributed by atoms with E-state index in [4.69, 9.17) is 4.74 Å². The van der Waals surface area contributed by atoms with Crippen LogP contribution in [0.15, 0.2) is 42.6 Å². The van der Waals surface area contributed by atoms with Gasteiger partial charge in [0, 0.05) is 13.2 Å². The number of hydrogen-bond acceptors (Lipinski definition) is 2. The van der Waals surface area contributed by atoms with Crippen LogP contribution in [0, 0.1) is 5.82 Å². The third kappa shape index (κ3) is 3.58. The van der Waals surface area contributed by atoms with Crippen molar-refractivity contribution in [2.45, 2.75) is 0 Å². The van der Waals surface area contributed by atoms with E-state index in [0.717, 1.165) is 0 Å². The fourth-order valence-electron chi connectivity index (χ4n) is 1.65. The fraction of sp³-hybridized carbons (Fsp3) is 0.214. The first-order chi connectivity index (χ1) is 9.16. The minimum Gasteiger partial charge on any atom is -0.492 e. The molecule has 1 aromatic carbocycles. The van der Waals surface area contributed by atoms with Crippen molar-refractivity contribution in [2.75, 3.05) is 13.2 Å². The third-order valence-electron chi connectivity index (χ3n) is 2.65. The van der Waals surface area contributed by atoms with Gasteiger partial charge in [0.2, 0.25) is 0 Å². The molecule has 0 fully saturated rings. The molecule has 0 aliphatic heterocycles. The molecule has 1 amide bonds. The topological polar surface area (TPSA) is 43.3 Å². The molecule has 0 aliphatic rings. The Morgan fingerprint density at radius 1 is 1.32 bits per heavy atom. The second kappa shape index (κ2) is 6.04. The van der Waals surface area contributed by atoms with Crippen molar-refractivity contribution in [3.05, 3.63) is 54.1 Å². The molecule has 0 unspecified atom stereocenters. The van der Waals surface area contributed by atoms with E-state index in [0.29, 0.717) is 24.6 Å². The molecule has 1 aromatic heterocycles. The number of amides is 1. The van der Waals surface area contributed by atoms with Crippen molar-refractivity contribution in [2.24, 2.45) is 7.05 Å². The Labute approximate surface area is 110 Å². The monoisotopic (exact) mass is 262 g/mol. The summed E-state index contributed by atoms with van der Waals surface area (Å²) < 4.78 is 19.8. The Hall–Kier alpha value is -2.30. The van der Waals surface area contributed by atoms with Gasteiger partial charge in [0.05, 0.1) is 6.54 Å². The molecule has 1 heterocycles. The average molecular weight is 262 g/mol. The summed E-state index contributed by atoms with van der Waals surface area (Å²) >= 11 is 0. The molecule has 0 aliphatic carbocycles. The summed E-state index contributed by atoms with van der Waals surface area (Å²) in [6.07, 6.45) is 1.81. The van der Waals surface area contributed by atoms with Gasteiger partial charge in [-0.1, -0.05) is 0 Å². The van der Waals surface area contributed by atoms with Crippen LogP contribution in [0.25, 0.3) is 0 Å². The minimum absolute atomic E-state index is 0.143. The Kier molecular flexibility index (Phi) is 4.18. The number of benzene rings is 1. The van der Waals surface area contributed by atoms with Gasteiger partial charge in [-0.05, 0) is 36.4 Å².